The quantitative estimate of drug-likeness (QED) is 0.397. The molecule has 50 valence electrons. The fraction of sp³-hybridized carbons (Fsp3) is 0.429. The Morgan fingerprint density at radius 1 is 1.33 bits per heavy atom. The number of hydrogen-bond acceptors (Lipinski definition) is 1. The van der Waals surface area contributed by atoms with E-state index in [0.29, 0.717) is 0 Å². The minimum atomic E-state index is 1.00. The molecule has 0 radical (unpaired) electrons. The summed E-state index contributed by atoms with van der Waals surface area (Å²) >= 11 is 0. The van der Waals surface area contributed by atoms with Crippen LogP contribution in [0.5, 0.6) is 0 Å². The maximum atomic E-state index is 3.97. The van der Waals surface area contributed by atoms with E-state index in [9.17, 15) is 0 Å². The topological polar surface area (TPSA) is 24.7 Å². The minimum absolute atomic E-state index is 1.00. The van der Waals surface area contributed by atoms with Crippen molar-refractivity contribution in [2.75, 3.05) is 0 Å². The van der Waals surface area contributed by atoms with Crippen molar-refractivity contribution in [1.29, 1.82) is 0 Å². The molecule has 0 aromatic carbocycles. The van der Waals surface area contributed by atoms with Crippen molar-refractivity contribution < 1.29 is 0 Å². The summed E-state index contributed by atoms with van der Waals surface area (Å²) in [7, 11) is 0. The third-order valence-corrected chi connectivity index (χ3v) is 1.06. The maximum Gasteiger partial charge on any atom is 0.114 e. The summed E-state index contributed by atoms with van der Waals surface area (Å²) in [6.07, 6.45) is 1.45. The number of hydrogen-bond donors (Lipinski definition) is 0. The molecule has 2 nitrogen and oxygen atoms in total. The van der Waals surface area contributed by atoms with Crippen molar-refractivity contribution in [2.24, 2.45) is 9.98 Å². The van der Waals surface area contributed by atoms with Crippen LogP contribution in [0.25, 0.3) is 0 Å². The summed E-state index contributed by atoms with van der Waals surface area (Å²) in [6.45, 7) is 9.23. The van der Waals surface area contributed by atoms with E-state index in [0.717, 1.165) is 5.70 Å². The summed E-state index contributed by atoms with van der Waals surface area (Å²) in [6, 6.07) is 0. The first-order valence-corrected chi connectivity index (χ1v) is 2.81. The van der Waals surface area contributed by atoms with Gasteiger partial charge in [0.2, 0.25) is 0 Å². The number of rotatable bonds is 2. The Bertz CT molecular complexity index is 150. The molecule has 0 aliphatic rings. The van der Waals surface area contributed by atoms with E-state index < -0.39 is 0 Å². The van der Waals surface area contributed by atoms with Crippen LogP contribution in [0.15, 0.2) is 21.3 Å². The largest absolute Gasteiger partial charge is 0.253 e. The van der Waals surface area contributed by atoms with Crippen molar-refractivity contribution in [2.45, 2.75) is 20.8 Å². The average molecular weight is 124 g/mol. The lowest BCUT2D eigenvalue weighted by molar-refractivity contribution is 1.19. The fourth-order valence-electron chi connectivity index (χ4n) is 0.257. The van der Waals surface area contributed by atoms with E-state index in [-0.39, 0.29) is 0 Å². The highest BCUT2D eigenvalue weighted by atomic mass is 14.8. The highest BCUT2D eigenvalue weighted by molar-refractivity contribution is 5.63. The summed E-state index contributed by atoms with van der Waals surface area (Å²) in [5.41, 5.74) is 2.21. The SMILES string of the molecule is C=N/C=N\C(C)=C(C)C. The molecular formula is C7H12N2. The molecule has 0 saturated carbocycles. The van der Waals surface area contributed by atoms with Crippen LogP contribution in [0, 0.1) is 0 Å². The van der Waals surface area contributed by atoms with E-state index in [1.165, 1.54) is 11.9 Å². The minimum Gasteiger partial charge on any atom is -0.253 e. The van der Waals surface area contributed by atoms with Crippen LogP contribution in [0.2, 0.25) is 0 Å². The molecule has 0 aromatic rings. The second-order valence-electron chi connectivity index (χ2n) is 2.01. The summed E-state index contributed by atoms with van der Waals surface area (Å²) in [5, 5.41) is 0. The molecule has 2 heteroatoms. The molecule has 0 bridgehead atoms. The molecule has 0 aliphatic carbocycles. The number of aliphatic imine (C=N–C) groups is 2. The summed E-state index contributed by atoms with van der Waals surface area (Å²) < 4.78 is 0. The van der Waals surface area contributed by atoms with Gasteiger partial charge in [0.25, 0.3) is 0 Å². The predicted octanol–water partition coefficient (Wildman–Crippen LogP) is 2.03. The molecular weight excluding hydrogens is 112 g/mol. The monoisotopic (exact) mass is 124 g/mol. The van der Waals surface area contributed by atoms with Gasteiger partial charge >= 0.3 is 0 Å². The predicted molar refractivity (Wildman–Crippen MR) is 42.1 cm³/mol. The third kappa shape index (κ3) is 3.64. The zero-order valence-electron chi connectivity index (χ0n) is 6.18. The Labute approximate surface area is 56.0 Å². The normalized spacial score (nSPS) is 9.67. The third-order valence-electron chi connectivity index (χ3n) is 1.06. The highest BCUT2D eigenvalue weighted by Gasteiger charge is 1.82. The fourth-order valence-corrected chi connectivity index (χ4v) is 0.257. The number of allylic oxidation sites excluding steroid dienone is 2. The van der Waals surface area contributed by atoms with Gasteiger partial charge in [0.1, 0.15) is 6.34 Å². The molecule has 0 aromatic heterocycles. The second-order valence-corrected chi connectivity index (χ2v) is 2.01. The molecule has 0 heterocycles. The molecule has 0 saturated heterocycles. The standard InChI is InChI=1S/C7H12N2/c1-6(2)7(3)9-5-8-4/h5H,4H2,1-3H3/b9-5-. The van der Waals surface area contributed by atoms with Crippen LogP contribution in [0.4, 0.5) is 0 Å². The van der Waals surface area contributed by atoms with Crippen molar-refractivity contribution in [3.8, 4) is 0 Å². The van der Waals surface area contributed by atoms with Gasteiger partial charge in [0.15, 0.2) is 0 Å². The van der Waals surface area contributed by atoms with Gasteiger partial charge in [-0.05, 0) is 27.5 Å². The van der Waals surface area contributed by atoms with Crippen molar-refractivity contribution >= 4 is 13.1 Å². The van der Waals surface area contributed by atoms with Crippen LogP contribution in [-0.4, -0.2) is 13.1 Å². The van der Waals surface area contributed by atoms with E-state index in [4.69, 9.17) is 0 Å². The average Bonchev–Trinajstić information content (AvgIpc) is 1.82. The van der Waals surface area contributed by atoms with Crippen molar-refractivity contribution in [1.82, 2.24) is 0 Å². The summed E-state index contributed by atoms with van der Waals surface area (Å²) in [5.74, 6) is 0. The van der Waals surface area contributed by atoms with Crippen LogP contribution in [0.3, 0.4) is 0 Å². The highest BCUT2D eigenvalue weighted by Crippen LogP contribution is 2.01. The molecule has 0 unspecified atom stereocenters. The molecule has 0 aliphatic heterocycles. The Morgan fingerprint density at radius 2 is 1.89 bits per heavy atom. The lowest BCUT2D eigenvalue weighted by Gasteiger charge is -1.91. The van der Waals surface area contributed by atoms with Gasteiger partial charge < -0.3 is 0 Å². The van der Waals surface area contributed by atoms with Gasteiger partial charge in [-0.1, -0.05) is 5.57 Å². The zero-order valence-corrected chi connectivity index (χ0v) is 6.18. The van der Waals surface area contributed by atoms with Gasteiger partial charge in [-0.25, -0.2) is 4.99 Å². The van der Waals surface area contributed by atoms with Gasteiger partial charge in [-0.2, -0.15) is 0 Å². The second kappa shape index (κ2) is 4.01. The Kier molecular flexibility index (Phi) is 3.60. The summed E-state index contributed by atoms with van der Waals surface area (Å²) in [4.78, 5) is 7.45. The van der Waals surface area contributed by atoms with Crippen molar-refractivity contribution in [3.63, 3.8) is 0 Å². The van der Waals surface area contributed by atoms with Crippen molar-refractivity contribution in [3.05, 3.63) is 11.3 Å². The van der Waals surface area contributed by atoms with E-state index in [1.807, 2.05) is 20.8 Å². The lowest BCUT2D eigenvalue weighted by atomic mass is 10.3. The number of nitrogens with zero attached hydrogens (tertiary/aromatic N) is 2. The van der Waals surface area contributed by atoms with Gasteiger partial charge in [-0.15, -0.1) is 0 Å². The molecule has 0 amide bonds. The van der Waals surface area contributed by atoms with Crippen LogP contribution >= 0.6 is 0 Å². The first-order chi connectivity index (χ1) is 4.18. The van der Waals surface area contributed by atoms with E-state index >= 15 is 0 Å². The Balaban J connectivity index is 4.06. The Hall–Kier alpha value is -0.920. The van der Waals surface area contributed by atoms with Crippen LogP contribution in [0.1, 0.15) is 20.8 Å². The van der Waals surface area contributed by atoms with E-state index in [1.54, 1.807) is 0 Å². The molecule has 0 N–H and O–H groups in total. The van der Waals surface area contributed by atoms with Crippen LogP contribution < -0.4 is 0 Å². The molecule has 0 atom stereocenters. The zero-order chi connectivity index (χ0) is 7.28. The van der Waals surface area contributed by atoms with Crippen LogP contribution in [-0.2, 0) is 0 Å². The molecule has 0 spiro atoms. The van der Waals surface area contributed by atoms with Gasteiger partial charge in [0.05, 0.1) is 0 Å². The molecule has 0 fully saturated rings. The van der Waals surface area contributed by atoms with Gasteiger partial charge in [-0.3, -0.25) is 4.99 Å². The first kappa shape index (κ1) is 8.08. The van der Waals surface area contributed by atoms with E-state index in [2.05, 4.69) is 16.7 Å². The maximum absolute atomic E-state index is 3.97. The first-order valence-electron chi connectivity index (χ1n) is 2.81. The van der Waals surface area contributed by atoms with Gasteiger partial charge in [0, 0.05) is 5.70 Å². The molecule has 9 heavy (non-hydrogen) atoms. The smallest absolute Gasteiger partial charge is 0.114 e. The Morgan fingerprint density at radius 3 is 2.22 bits per heavy atom. The lowest BCUT2D eigenvalue weighted by Crippen LogP contribution is -1.74. The molecule has 0 rings (SSSR count).